The van der Waals surface area contributed by atoms with Crippen LogP contribution in [-0.2, 0) is 12.4 Å². The Morgan fingerprint density at radius 1 is 0.840 bits per heavy atom. The van der Waals surface area contributed by atoms with Crippen molar-refractivity contribution in [2.45, 2.75) is 12.4 Å². The van der Waals surface area contributed by atoms with Gasteiger partial charge in [-0.15, -0.1) is 0 Å². The fraction of sp³-hybridized carbons (Fsp3) is 0.118. The summed E-state index contributed by atoms with van der Waals surface area (Å²) in [6.45, 7) is 0. The summed E-state index contributed by atoms with van der Waals surface area (Å²) in [4.78, 5) is 11.8. The standard InChI is InChI=1S/C17H11F6NO/c18-16(19,20)12-8-13(17(21,22)23)10-14(9-12)24-7-6-15(25)11-4-2-1-3-5-11/h1-10,24H. The van der Waals surface area contributed by atoms with Gasteiger partial charge in [0, 0.05) is 23.5 Å². The van der Waals surface area contributed by atoms with Crippen LogP contribution in [0.2, 0.25) is 0 Å². The van der Waals surface area contributed by atoms with Gasteiger partial charge in [-0.1, -0.05) is 30.3 Å². The Morgan fingerprint density at radius 2 is 1.36 bits per heavy atom. The molecule has 0 aromatic heterocycles. The number of anilines is 1. The highest BCUT2D eigenvalue weighted by Gasteiger charge is 2.36. The van der Waals surface area contributed by atoms with Crippen LogP contribution in [0.5, 0.6) is 0 Å². The molecule has 132 valence electrons. The van der Waals surface area contributed by atoms with E-state index in [-0.39, 0.29) is 6.07 Å². The second-order valence-electron chi connectivity index (χ2n) is 5.00. The van der Waals surface area contributed by atoms with Crippen molar-refractivity contribution < 1.29 is 31.1 Å². The van der Waals surface area contributed by atoms with E-state index in [1.807, 2.05) is 0 Å². The van der Waals surface area contributed by atoms with Crippen molar-refractivity contribution in [2.24, 2.45) is 0 Å². The quantitative estimate of drug-likeness (QED) is 0.442. The van der Waals surface area contributed by atoms with Gasteiger partial charge in [0.2, 0.25) is 0 Å². The minimum absolute atomic E-state index is 0.0318. The van der Waals surface area contributed by atoms with Crippen LogP contribution in [-0.4, -0.2) is 5.78 Å². The summed E-state index contributed by atoms with van der Waals surface area (Å²) >= 11 is 0. The first-order chi connectivity index (χ1) is 11.6. The number of halogens is 6. The lowest BCUT2D eigenvalue weighted by atomic mass is 10.1. The highest BCUT2D eigenvalue weighted by molar-refractivity contribution is 6.04. The molecule has 0 aliphatic heterocycles. The Bertz CT molecular complexity index is 746. The second-order valence-corrected chi connectivity index (χ2v) is 5.00. The Hall–Kier alpha value is -2.77. The number of nitrogens with one attached hydrogen (secondary N) is 1. The van der Waals surface area contributed by atoms with Crippen molar-refractivity contribution in [3.63, 3.8) is 0 Å². The summed E-state index contributed by atoms with van der Waals surface area (Å²) in [5.41, 5.74) is -2.97. The maximum atomic E-state index is 12.7. The Balaban J connectivity index is 2.24. The van der Waals surface area contributed by atoms with Gasteiger partial charge in [0.15, 0.2) is 5.78 Å². The van der Waals surface area contributed by atoms with Gasteiger partial charge in [0.25, 0.3) is 0 Å². The summed E-state index contributed by atoms with van der Waals surface area (Å²) in [6, 6.07) is 9.09. The van der Waals surface area contributed by atoms with E-state index in [1.165, 1.54) is 12.1 Å². The first kappa shape index (κ1) is 18.6. The molecule has 0 radical (unpaired) electrons. The second kappa shape index (κ2) is 7.00. The lowest BCUT2D eigenvalue weighted by molar-refractivity contribution is -0.143. The summed E-state index contributed by atoms with van der Waals surface area (Å²) in [6.07, 6.45) is -7.85. The van der Waals surface area contributed by atoms with Crippen LogP contribution in [0.25, 0.3) is 0 Å². The van der Waals surface area contributed by atoms with Crippen LogP contribution in [0.4, 0.5) is 32.0 Å². The van der Waals surface area contributed by atoms with Crippen LogP contribution in [0.3, 0.4) is 0 Å². The molecule has 25 heavy (non-hydrogen) atoms. The molecule has 2 nitrogen and oxygen atoms in total. The first-order valence-corrected chi connectivity index (χ1v) is 6.89. The summed E-state index contributed by atoms with van der Waals surface area (Å²) in [5.74, 6) is -0.448. The SMILES string of the molecule is O=C(C=CNc1cc(C(F)(F)F)cc(C(F)(F)F)c1)c1ccccc1. The van der Waals surface area contributed by atoms with Crippen molar-refractivity contribution in [1.29, 1.82) is 0 Å². The number of alkyl halides is 6. The normalized spacial score (nSPS) is 12.4. The van der Waals surface area contributed by atoms with Crippen molar-refractivity contribution in [3.8, 4) is 0 Å². The molecule has 0 spiro atoms. The molecule has 0 fully saturated rings. The smallest absolute Gasteiger partial charge is 0.362 e. The Labute approximate surface area is 138 Å². The summed E-state index contributed by atoms with van der Waals surface area (Å²) in [7, 11) is 0. The molecular formula is C17H11F6NO. The van der Waals surface area contributed by atoms with E-state index >= 15 is 0 Å². The Kier molecular flexibility index (Phi) is 5.20. The highest BCUT2D eigenvalue weighted by atomic mass is 19.4. The number of allylic oxidation sites excluding steroid dienone is 1. The van der Waals surface area contributed by atoms with Crippen molar-refractivity contribution >= 4 is 11.5 Å². The monoisotopic (exact) mass is 359 g/mol. The van der Waals surface area contributed by atoms with Gasteiger partial charge in [-0.25, -0.2) is 0 Å². The zero-order chi connectivity index (χ0) is 18.7. The predicted octanol–water partition coefficient (Wildman–Crippen LogP) is 5.53. The third-order valence-electron chi connectivity index (χ3n) is 3.13. The average Bonchev–Trinajstić information content (AvgIpc) is 2.53. The molecule has 2 rings (SSSR count). The van der Waals surface area contributed by atoms with E-state index in [0.29, 0.717) is 17.7 Å². The summed E-state index contributed by atoms with van der Waals surface area (Å²) < 4.78 is 76.4. The van der Waals surface area contributed by atoms with Crippen molar-refractivity contribution in [1.82, 2.24) is 0 Å². The van der Waals surface area contributed by atoms with Gasteiger partial charge >= 0.3 is 12.4 Å². The fourth-order valence-corrected chi connectivity index (χ4v) is 1.95. The van der Waals surface area contributed by atoms with E-state index in [9.17, 15) is 31.1 Å². The van der Waals surface area contributed by atoms with E-state index in [1.54, 1.807) is 18.2 Å². The van der Waals surface area contributed by atoms with Crippen LogP contribution < -0.4 is 5.32 Å². The molecule has 0 aliphatic rings. The van der Waals surface area contributed by atoms with E-state index < -0.39 is 35.0 Å². The largest absolute Gasteiger partial charge is 0.416 e. The predicted molar refractivity (Wildman–Crippen MR) is 80.0 cm³/mol. The Morgan fingerprint density at radius 3 is 1.84 bits per heavy atom. The third kappa shape index (κ3) is 5.10. The third-order valence-corrected chi connectivity index (χ3v) is 3.13. The minimum atomic E-state index is -4.93. The van der Waals surface area contributed by atoms with Crippen LogP contribution in [0.15, 0.2) is 60.8 Å². The van der Waals surface area contributed by atoms with Crippen LogP contribution in [0.1, 0.15) is 21.5 Å². The summed E-state index contributed by atoms with van der Waals surface area (Å²) in [5, 5.41) is 2.27. The number of ketones is 1. The van der Waals surface area contributed by atoms with E-state index in [4.69, 9.17) is 0 Å². The fourth-order valence-electron chi connectivity index (χ4n) is 1.95. The molecule has 0 aliphatic carbocycles. The molecule has 0 unspecified atom stereocenters. The molecule has 0 heterocycles. The molecule has 2 aromatic rings. The molecule has 8 heteroatoms. The first-order valence-electron chi connectivity index (χ1n) is 6.89. The van der Waals surface area contributed by atoms with E-state index in [0.717, 1.165) is 12.3 Å². The van der Waals surface area contributed by atoms with Gasteiger partial charge in [0.1, 0.15) is 0 Å². The number of rotatable bonds is 4. The average molecular weight is 359 g/mol. The molecule has 0 bridgehead atoms. The van der Waals surface area contributed by atoms with Crippen molar-refractivity contribution in [2.75, 3.05) is 5.32 Å². The number of carbonyl (C=O) groups excluding carboxylic acids is 1. The maximum absolute atomic E-state index is 12.7. The van der Waals surface area contributed by atoms with Crippen molar-refractivity contribution in [3.05, 3.63) is 77.5 Å². The molecule has 0 amide bonds. The number of carbonyl (C=O) groups is 1. The molecule has 2 aromatic carbocycles. The number of hydrogen-bond acceptors (Lipinski definition) is 2. The zero-order valence-corrected chi connectivity index (χ0v) is 12.4. The van der Waals surface area contributed by atoms with Gasteiger partial charge in [-0.3, -0.25) is 4.79 Å². The van der Waals surface area contributed by atoms with Crippen LogP contribution >= 0.6 is 0 Å². The topological polar surface area (TPSA) is 29.1 Å². The number of benzene rings is 2. The molecule has 1 N–H and O–H groups in total. The van der Waals surface area contributed by atoms with Gasteiger partial charge < -0.3 is 5.32 Å². The lowest BCUT2D eigenvalue weighted by Gasteiger charge is -2.14. The highest BCUT2D eigenvalue weighted by Crippen LogP contribution is 2.37. The van der Waals surface area contributed by atoms with Gasteiger partial charge in [-0.05, 0) is 18.2 Å². The molecule has 0 saturated carbocycles. The number of hydrogen-bond donors (Lipinski definition) is 1. The minimum Gasteiger partial charge on any atom is -0.362 e. The van der Waals surface area contributed by atoms with E-state index in [2.05, 4.69) is 5.32 Å². The van der Waals surface area contributed by atoms with Gasteiger partial charge in [-0.2, -0.15) is 26.3 Å². The lowest BCUT2D eigenvalue weighted by Crippen LogP contribution is -2.11. The maximum Gasteiger partial charge on any atom is 0.416 e. The van der Waals surface area contributed by atoms with Crippen LogP contribution in [0, 0.1) is 0 Å². The zero-order valence-electron chi connectivity index (χ0n) is 12.4. The van der Waals surface area contributed by atoms with Gasteiger partial charge in [0.05, 0.1) is 11.1 Å². The molecular weight excluding hydrogens is 348 g/mol. The molecule has 0 atom stereocenters. The molecule has 0 saturated heterocycles.